The van der Waals surface area contributed by atoms with Crippen molar-refractivity contribution in [2.75, 3.05) is 11.3 Å². The molecule has 1 aliphatic heterocycles. The first-order valence-electron chi connectivity index (χ1n) is 8.36. The molecule has 1 aliphatic rings. The van der Waals surface area contributed by atoms with Gasteiger partial charge in [-0.15, -0.1) is 0 Å². The fourth-order valence-electron chi connectivity index (χ4n) is 3.34. The van der Waals surface area contributed by atoms with Crippen molar-refractivity contribution in [3.8, 4) is 0 Å². The zero-order valence-corrected chi connectivity index (χ0v) is 15.4. The predicted octanol–water partition coefficient (Wildman–Crippen LogP) is 0.886. The number of rotatable bonds is 6. The zero-order chi connectivity index (χ0) is 19.1. The molecule has 2 aromatic rings. The van der Waals surface area contributed by atoms with Crippen molar-refractivity contribution >= 4 is 27.6 Å². The van der Waals surface area contributed by atoms with Crippen molar-refractivity contribution < 1.29 is 4.74 Å². The van der Waals surface area contributed by atoms with Gasteiger partial charge in [0.15, 0.2) is 11.9 Å². The van der Waals surface area contributed by atoms with Gasteiger partial charge in [-0.05, 0) is 19.3 Å². The largest absolute Gasteiger partial charge is 0.353 e. The number of aromatic nitrogens is 3. The summed E-state index contributed by atoms with van der Waals surface area (Å²) in [5.41, 5.74) is 14.5. The van der Waals surface area contributed by atoms with Crippen LogP contribution >= 0.6 is 11.3 Å². The van der Waals surface area contributed by atoms with Gasteiger partial charge in [0, 0.05) is 0 Å². The third-order valence-electron chi connectivity index (χ3n) is 4.75. The minimum atomic E-state index is -0.746. The van der Waals surface area contributed by atoms with Crippen LogP contribution in [0.5, 0.6) is 0 Å². The summed E-state index contributed by atoms with van der Waals surface area (Å²) in [5, 5.41) is 2.99. The standard InChI is InChI=1S/C14H22N8O3S/c1-3-5-7-6-14(15,4-2)11(25-7)21-9-8(26-13(21)24)10(23)22(17)12(18-9)19-20-16/h7,11H,3-6,15,17H2,1-2H3,(H2,16,18,19)/t7?,11-,14+/m1/s1. The molecule has 3 atom stereocenters. The highest BCUT2D eigenvalue weighted by Gasteiger charge is 2.46. The molecular formula is C14H22N8O3S. The third-order valence-corrected chi connectivity index (χ3v) is 5.68. The van der Waals surface area contributed by atoms with Crippen molar-refractivity contribution in [2.45, 2.75) is 57.4 Å². The van der Waals surface area contributed by atoms with Gasteiger partial charge in [-0.25, -0.2) is 5.43 Å². The molecule has 2 aromatic heterocycles. The molecule has 3 rings (SSSR count). The van der Waals surface area contributed by atoms with Crippen LogP contribution in [0.15, 0.2) is 14.8 Å². The van der Waals surface area contributed by atoms with Gasteiger partial charge in [0.2, 0.25) is 5.95 Å². The van der Waals surface area contributed by atoms with Crippen LogP contribution in [0.3, 0.4) is 0 Å². The van der Waals surface area contributed by atoms with Crippen LogP contribution in [0.4, 0.5) is 5.95 Å². The van der Waals surface area contributed by atoms with Gasteiger partial charge in [-0.2, -0.15) is 15.2 Å². The first-order chi connectivity index (χ1) is 12.4. The molecule has 142 valence electrons. The molecule has 0 aromatic carbocycles. The van der Waals surface area contributed by atoms with Crippen LogP contribution in [0, 0.1) is 5.53 Å². The average Bonchev–Trinajstić information content (AvgIpc) is 3.10. The summed E-state index contributed by atoms with van der Waals surface area (Å²) in [6, 6.07) is 0. The molecular weight excluding hydrogens is 360 g/mol. The van der Waals surface area contributed by atoms with E-state index in [9.17, 15) is 9.59 Å². The van der Waals surface area contributed by atoms with Gasteiger partial charge >= 0.3 is 4.87 Å². The molecule has 3 heterocycles. The minimum absolute atomic E-state index is 0.0625. The fraction of sp³-hybridized carbons (Fsp3) is 0.643. The van der Waals surface area contributed by atoms with E-state index in [0.717, 1.165) is 24.2 Å². The SMILES string of the molecule is CCCC1C[C@@](N)(CC)[C@H](n2c(=O)sc3c(=O)n(N)c(NN=N)nc32)O1. The Kier molecular flexibility index (Phi) is 4.82. The molecule has 26 heavy (non-hydrogen) atoms. The maximum atomic E-state index is 12.7. The number of thiazole rings is 1. The number of hydrogen-bond acceptors (Lipinski definition) is 9. The molecule has 0 radical (unpaired) electrons. The molecule has 0 amide bonds. The molecule has 12 heteroatoms. The lowest BCUT2D eigenvalue weighted by Crippen LogP contribution is -2.46. The monoisotopic (exact) mass is 382 g/mol. The molecule has 1 saturated heterocycles. The molecule has 0 spiro atoms. The summed E-state index contributed by atoms with van der Waals surface area (Å²) in [6.07, 6.45) is 2.19. The predicted molar refractivity (Wildman–Crippen MR) is 97.7 cm³/mol. The van der Waals surface area contributed by atoms with Gasteiger partial charge in [0.1, 0.15) is 4.70 Å². The van der Waals surface area contributed by atoms with Gasteiger partial charge < -0.3 is 16.3 Å². The van der Waals surface area contributed by atoms with E-state index < -0.39 is 22.2 Å². The Morgan fingerprint density at radius 1 is 1.50 bits per heavy atom. The zero-order valence-electron chi connectivity index (χ0n) is 14.6. The quantitative estimate of drug-likeness (QED) is 0.327. The third kappa shape index (κ3) is 2.79. The second-order valence-corrected chi connectivity index (χ2v) is 7.38. The highest BCUT2D eigenvalue weighted by molar-refractivity contribution is 7.16. The van der Waals surface area contributed by atoms with E-state index in [1.165, 1.54) is 4.57 Å². The Balaban J connectivity index is 2.21. The first kappa shape index (κ1) is 18.5. The van der Waals surface area contributed by atoms with Crippen molar-refractivity contribution in [2.24, 2.45) is 11.0 Å². The number of nitrogen functional groups attached to an aromatic ring is 1. The van der Waals surface area contributed by atoms with Gasteiger partial charge in [-0.1, -0.05) is 36.8 Å². The van der Waals surface area contributed by atoms with Crippen LogP contribution in [0.25, 0.3) is 10.3 Å². The Morgan fingerprint density at radius 2 is 2.23 bits per heavy atom. The van der Waals surface area contributed by atoms with Crippen LogP contribution < -0.4 is 27.4 Å². The summed E-state index contributed by atoms with van der Waals surface area (Å²) >= 11 is 0.750. The molecule has 1 fully saturated rings. The lowest BCUT2D eigenvalue weighted by atomic mass is 9.90. The Hall–Kier alpha value is -2.31. The number of nitrogens with one attached hydrogen (secondary N) is 2. The maximum Gasteiger partial charge on any atom is 0.311 e. The van der Waals surface area contributed by atoms with E-state index in [1.54, 1.807) is 0 Å². The van der Waals surface area contributed by atoms with Crippen LogP contribution in [-0.4, -0.2) is 25.9 Å². The van der Waals surface area contributed by atoms with Crippen molar-refractivity contribution in [3.63, 3.8) is 0 Å². The summed E-state index contributed by atoms with van der Waals surface area (Å²) in [6.45, 7) is 4.00. The Morgan fingerprint density at radius 3 is 2.85 bits per heavy atom. The number of anilines is 1. The number of nitrogens with two attached hydrogens (primary N) is 2. The topological polar surface area (TPSA) is 166 Å². The Bertz CT molecular complexity index is 950. The van der Waals surface area contributed by atoms with E-state index in [1.807, 2.05) is 6.92 Å². The second kappa shape index (κ2) is 6.78. The van der Waals surface area contributed by atoms with E-state index in [0.29, 0.717) is 17.5 Å². The average molecular weight is 382 g/mol. The number of nitrogens with zero attached hydrogens (tertiary/aromatic N) is 4. The van der Waals surface area contributed by atoms with Crippen molar-refractivity contribution in [3.05, 3.63) is 20.0 Å². The van der Waals surface area contributed by atoms with Crippen molar-refractivity contribution in [1.29, 1.82) is 5.53 Å². The fourth-order valence-corrected chi connectivity index (χ4v) is 4.21. The lowest BCUT2D eigenvalue weighted by molar-refractivity contribution is -0.0210. The highest BCUT2D eigenvalue weighted by Crippen LogP contribution is 2.40. The normalized spacial score (nSPS) is 25.7. The van der Waals surface area contributed by atoms with Gasteiger partial charge in [-0.3, -0.25) is 14.2 Å². The number of ether oxygens (including phenoxy) is 1. The minimum Gasteiger partial charge on any atom is -0.353 e. The van der Waals surface area contributed by atoms with E-state index >= 15 is 0 Å². The summed E-state index contributed by atoms with van der Waals surface area (Å²) in [5.74, 6) is 5.52. The van der Waals surface area contributed by atoms with Crippen LogP contribution in [-0.2, 0) is 4.74 Å². The van der Waals surface area contributed by atoms with E-state index in [2.05, 4.69) is 22.6 Å². The maximum absolute atomic E-state index is 12.7. The van der Waals surface area contributed by atoms with Crippen LogP contribution in [0.2, 0.25) is 0 Å². The molecule has 6 N–H and O–H groups in total. The van der Waals surface area contributed by atoms with Gasteiger partial charge in [0.05, 0.1) is 11.6 Å². The lowest BCUT2D eigenvalue weighted by Gasteiger charge is -2.28. The van der Waals surface area contributed by atoms with Crippen molar-refractivity contribution in [1.82, 2.24) is 14.2 Å². The molecule has 0 aliphatic carbocycles. The highest BCUT2D eigenvalue weighted by atomic mass is 32.1. The van der Waals surface area contributed by atoms with E-state index in [4.69, 9.17) is 21.8 Å². The first-order valence-corrected chi connectivity index (χ1v) is 9.17. The molecule has 11 nitrogen and oxygen atoms in total. The summed E-state index contributed by atoms with van der Waals surface area (Å²) < 4.78 is 8.24. The second-order valence-electron chi connectivity index (χ2n) is 6.41. The Labute approximate surface area is 152 Å². The van der Waals surface area contributed by atoms with Gasteiger partial charge in [0.25, 0.3) is 5.56 Å². The van der Waals surface area contributed by atoms with E-state index in [-0.39, 0.29) is 22.4 Å². The van der Waals surface area contributed by atoms with Crippen LogP contribution in [0.1, 0.15) is 45.8 Å². The number of hydrogen-bond donors (Lipinski definition) is 4. The molecule has 0 bridgehead atoms. The molecule has 1 unspecified atom stereocenters. The molecule has 0 saturated carbocycles. The number of fused-ring (bicyclic) bond motifs is 1. The smallest absolute Gasteiger partial charge is 0.311 e. The summed E-state index contributed by atoms with van der Waals surface area (Å²) in [4.78, 5) is 28.9. The summed E-state index contributed by atoms with van der Waals surface area (Å²) in [7, 11) is 0.